The number of hydrogen-bond acceptors (Lipinski definition) is 2. The molecule has 2 nitrogen and oxygen atoms in total. The average molecular weight is 227 g/mol. The predicted octanol–water partition coefficient (Wildman–Crippen LogP) is 3.50. The molecule has 0 fully saturated rings. The fourth-order valence-electron chi connectivity index (χ4n) is 2.00. The Morgan fingerprint density at radius 2 is 2.24 bits per heavy atom. The monoisotopic (exact) mass is 227 g/mol. The van der Waals surface area contributed by atoms with Crippen LogP contribution < -0.4 is 5.32 Å². The molecule has 1 aromatic heterocycles. The lowest BCUT2D eigenvalue weighted by Gasteiger charge is -2.14. The van der Waals surface area contributed by atoms with E-state index >= 15 is 0 Å². The van der Waals surface area contributed by atoms with Gasteiger partial charge in [-0.25, -0.2) is 0 Å². The Labute approximate surface area is 102 Å². The van der Waals surface area contributed by atoms with Crippen LogP contribution in [0.15, 0.2) is 34.9 Å². The van der Waals surface area contributed by atoms with Gasteiger partial charge in [0, 0.05) is 23.4 Å². The lowest BCUT2D eigenvalue weighted by atomic mass is 10.0. The van der Waals surface area contributed by atoms with Crippen molar-refractivity contribution in [3.8, 4) is 12.3 Å². The van der Waals surface area contributed by atoms with Crippen molar-refractivity contribution in [2.24, 2.45) is 0 Å². The summed E-state index contributed by atoms with van der Waals surface area (Å²) in [6, 6.07) is 8.24. The van der Waals surface area contributed by atoms with E-state index in [4.69, 9.17) is 10.8 Å². The molecule has 2 rings (SSSR count). The van der Waals surface area contributed by atoms with Crippen LogP contribution in [-0.2, 0) is 0 Å². The molecule has 1 heterocycles. The quantitative estimate of drug-likeness (QED) is 0.791. The third-order valence-electron chi connectivity index (χ3n) is 2.85. The van der Waals surface area contributed by atoms with Crippen LogP contribution in [0.3, 0.4) is 0 Å². The van der Waals surface area contributed by atoms with Gasteiger partial charge in [0.2, 0.25) is 0 Å². The van der Waals surface area contributed by atoms with E-state index in [1.54, 1.807) is 0 Å². The van der Waals surface area contributed by atoms with Gasteiger partial charge < -0.3 is 9.73 Å². The zero-order valence-corrected chi connectivity index (χ0v) is 10.1. The van der Waals surface area contributed by atoms with Crippen LogP contribution in [0.1, 0.15) is 31.4 Å². The summed E-state index contributed by atoms with van der Waals surface area (Å²) in [5.41, 5.74) is 2.08. The van der Waals surface area contributed by atoms with E-state index in [0.717, 1.165) is 29.5 Å². The fraction of sp³-hybridized carbons (Fsp3) is 0.333. The Kier molecular flexibility index (Phi) is 3.85. The van der Waals surface area contributed by atoms with Crippen molar-refractivity contribution >= 4 is 11.0 Å². The van der Waals surface area contributed by atoms with Crippen molar-refractivity contribution < 1.29 is 4.42 Å². The van der Waals surface area contributed by atoms with Crippen molar-refractivity contribution in [2.45, 2.75) is 25.8 Å². The standard InChI is InChI=1S/C15H17NO/c1-3-7-14(16-10-4-2)13-11-17-15-9-6-5-8-12(13)15/h1,5-6,8-9,11,14,16H,4,7,10H2,2H3. The Balaban J connectivity index is 2.31. The molecule has 0 bridgehead atoms. The summed E-state index contributed by atoms with van der Waals surface area (Å²) in [5, 5.41) is 4.61. The third kappa shape index (κ3) is 2.51. The van der Waals surface area contributed by atoms with Crippen LogP contribution in [0.5, 0.6) is 0 Å². The van der Waals surface area contributed by atoms with Gasteiger partial charge in [0.25, 0.3) is 0 Å². The summed E-state index contributed by atoms with van der Waals surface area (Å²) in [4.78, 5) is 0. The molecule has 17 heavy (non-hydrogen) atoms. The first-order valence-electron chi connectivity index (χ1n) is 5.99. The molecule has 0 aliphatic carbocycles. The smallest absolute Gasteiger partial charge is 0.134 e. The van der Waals surface area contributed by atoms with E-state index in [1.165, 1.54) is 0 Å². The molecule has 1 unspecified atom stereocenters. The molecule has 88 valence electrons. The molecule has 1 aromatic carbocycles. The molecular weight excluding hydrogens is 210 g/mol. The van der Waals surface area contributed by atoms with Crippen molar-refractivity contribution in [2.75, 3.05) is 6.54 Å². The molecule has 1 N–H and O–H groups in total. The Hall–Kier alpha value is -1.72. The Morgan fingerprint density at radius 1 is 1.41 bits per heavy atom. The van der Waals surface area contributed by atoms with Crippen LogP contribution in [0.4, 0.5) is 0 Å². The van der Waals surface area contributed by atoms with Crippen molar-refractivity contribution in [1.82, 2.24) is 5.32 Å². The van der Waals surface area contributed by atoms with Crippen LogP contribution in [0.2, 0.25) is 0 Å². The van der Waals surface area contributed by atoms with Gasteiger partial charge in [0.15, 0.2) is 0 Å². The second-order valence-corrected chi connectivity index (χ2v) is 4.10. The van der Waals surface area contributed by atoms with E-state index in [-0.39, 0.29) is 6.04 Å². The molecule has 2 aromatic rings. The second-order valence-electron chi connectivity index (χ2n) is 4.10. The summed E-state index contributed by atoms with van der Waals surface area (Å²) < 4.78 is 5.55. The molecule has 0 aliphatic heterocycles. The number of para-hydroxylation sites is 1. The second kappa shape index (κ2) is 5.56. The Morgan fingerprint density at radius 3 is 3.00 bits per heavy atom. The maximum atomic E-state index is 5.55. The number of terminal acetylenes is 1. The van der Waals surface area contributed by atoms with Gasteiger partial charge in [-0.3, -0.25) is 0 Å². The summed E-state index contributed by atoms with van der Waals surface area (Å²) in [6.07, 6.45) is 9.02. The average Bonchev–Trinajstić information content (AvgIpc) is 2.78. The molecule has 2 heteroatoms. The number of rotatable bonds is 5. The SMILES string of the molecule is C#CCC(NCCC)c1coc2ccccc12. The summed E-state index contributed by atoms with van der Waals surface area (Å²) in [7, 11) is 0. The molecular formula is C15H17NO. The molecule has 0 saturated heterocycles. The summed E-state index contributed by atoms with van der Waals surface area (Å²) in [6.45, 7) is 3.11. The van der Waals surface area contributed by atoms with E-state index in [0.29, 0.717) is 6.42 Å². The van der Waals surface area contributed by atoms with Crippen LogP contribution in [0, 0.1) is 12.3 Å². The Bertz CT molecular complexity index is 521. The van der Waals surface area contributed by atoms with Crippen molar-refractivity contribution in [1.29, 1.82) is 0 Å². The third-order valence-corrected chi connectivity index (χ3v) is 2.85. The lowest BCUT2D eigenvalue weighted by molar-refractivity contribution is 0.530. The van der Waals surface area contributed by atoms with Gasteiger partial charge in [0.05, 0.1) is 6.26 Å². The van der Waals surface area contributed by atoms with E-state index in [1.807, 2.05) is 24.5 Å². The summed E-state index contributed by atoms with van der Waals surface area (Å²) in [5.74, 6) is 2.73. The minimum absolute atomic E-state index is 0.184. The molecule has 0 saturated carbocycles. The highest BCUT2D eigenvalue weighted by Crippen LogP contribution is 2.27. The minimum Gasteiger partial charge on any atom is -0.464 e. The maximum Gasteiger partial charge on any atom is 0.134 e. The predicted molar refractivity (Wildman–Crippen MR) is 70.7 cm³/mol. The molecule has 1 atom stereocenters. The van der Waals surface area contributed by atoms with E-state index in [9.17, 15) is 0 Å². The first kappa shape index (κ1) is 11.8. The van der Waals surface area contributed by atoms with Gasteiger partial charge in [-0.1, -0.05) is 25.1 Å². The lowest BCUT2D eigenvalue weighted by Crippen LogP contribution is -2.21. The largest absolute Gasteiger partial charge is 0.464 e. The first-order chi connectivity index (χ1) is 8.36. The number of nitrogens with one attached hydrogen (secondary N) is 1. The van der Waals surface area contributed by atoms with Crippen molar-refractivity contribution in [3.63, 3.8) is 0 Å². The molecule has 0 radical (unpaired) electrons. The fourth-order valence-corrected chi connectivity index (χ4v) is 2.00. The van der Waals surface area contributed by atoms with Gasteiger partial charge in [-0.05, 0) is 19.0 Å². The van der Waals surface area contributed by atoms with E-state index < -0.39 is 0 Å². The highest BCUT2D eigenvalue weighted by molar-refractivity contribution is 5.81. The molecule has 0 aliphatic rings. The van der Waals surface area contributed by atoms with E-state index in [2.05, 4.69) is 24.2 Å². The number of benzene rings is 1. The van der Waals surface area contributed by atoms with Crippen LogP contribution in [0.25, 0.3) is 11.0 Å². The summed E-state index contributed by atoms with van der Waals surface area (Å²) >= 11 is 0. The van der Waals surface area contributed by atoms with Crippen LogP contribution >= 0.6 is 0 Å². The highest BCUT2D eigenvalue weighted by Gasteiger charge is 2.15. The van der Waals surface area contributed by atoms with Gasteiger partial charge >= 0.3 is 0 Å². The molecule has 0 amide bonds. The number of hydrogen-bond donors (Lipinski definition) is 1. The first-order valence-corrected chi connectivity index (χ1v) is 5.99. The minimum atomic E-state index is 0.184. The topological polar surface area (TPSA) is 25.2 Å². The zero-order chi connectivity index (χ0) is 12.1. The number of furan rings is 1. The van der Waals surface area contributed by atoms with Crippen molar-refractivity contribution in [3.05, 3.63) is 36.1 Å². The maximum absolute atomic E-state index is 5.55. The molecule has 0 spiro atoms. The van der Waals surface area contributed by atoms with Gasteiger partial charge in [0.1, 0.15) is 5.58 Å². The van der Waals surface area contributed by atoms with Gasteiger partial charge in [-0.2, -0.15) is 0 Å². The normalized spacial score (nSPS) is 12.5. The zero-order valence-electron chi connectivity index (χ0n) is 10.1. The highest BCUT2D eigenvalue weighted by atomic mass is 16.3. The number of fused-ring (bicyclic) bond motifs is 1. The van der Waals surface area contributed by atoms with Gasteiger partial charge in [-0.15, -0.1) is 12.3 Å². The van der Waals surface area contributed by atoms with Crippen LogP contribution in [-0.4, -0.2) is 6.54 Å².